The van der Waals surface area contributed by atoms with E-state index < -0.39 is 23.4 Å². The molecule has 0 bridgehead atoms. The molecular formula is C25H24BrN3O5. The van der Waals surface area contributed by atoms with Crippen molar-refractivity contribution in [3.05, 3.63) is 58.1 Å². The molecule has 9 heteroatoms. The fraction of sp³-hybridized carbons (Fsp3) is 0.400. The first-order valence-electron chi connectivity index (χ1n) is 11.5. The van der Waals surface area contributed by atoms with Gasteiger partial charge in [0.25, 0.3) is 0 Å². The smallest absolute Gasteiger partial charge is 0.250 e. The molecule has 4 aliphatic heterocycles. The van der Waals surface area contributed by atoms with Crippen molar-refractivity contribution in [1.82, 2.24) is 10.2 Å². The molecule has 6 rings (SSSR count). The molecule has 1 spiro atoms. The average Bonchev–Trinajstić information content (AvgIpc) is 3.56. The molecule has 0 unspecified atom stereocenters. The van der Waals surface area contributed by atoms with E-state index in [9.17, 15) is 19.5 Å². The van der Waals surface area contributed by atoms with Crippen LogP contribution in [0.5, 0.6) is 5.75 Å². The number of nitrogens with zero attached hydrogens (tertiary/aromatic N) is 1. The van der Waals surface area contributed by atoms with Gasteiger partial charge in [0.15, 0.2) is 0 Å². The molecule has 2 aromatic rings. The Morgan fingerprint density at radius 3 is 2.65 bits per heavy atom. The number of ether oxygens (including phenoxy) is 1. The minimum Gasteiger partial charge on any atom is -0.508 e. The highest BCUT2D eigenvalue weighted by molar-refractivity contribution is 9.10. The van der Waals surface area contributed by atoms with Gasteiger partial charge in [0.1, 0.15) is 11.3 Å². The van der Waals surface area contributed by atoms with Crippen LogP contribution in [0.1, 0.15) is 24.0 Å². The number of nitrogens with one attached hydrogen (secondary N) is 2. The fourth-order valence-corrected chi connectivity index (χ4v) is 6.43. The Morgan fingerprint density at radius 1 is 1.12 bits per heavy atom. The van der Waals surface area contributed by atoms with Crippen molar-refractivity contribution in [3.63, 3.8) is 0 Å². The van der Waals surface area contributed by atoms with Crippen molar-refractivity contribution >= 4 is 39.3 Å². The maximum atomic E-state index is 13.8. The minimum atomic E-state index is -1.33. The number of imide groups is 1. The lowest BCUT2D eigenvalue weighted by Crippen LogP contribution is -2.54. The molecule has 0 saturated carbocycles. The third-order valence-corrected chi connectivity index (χ3v) is 8.06. The number of phenols is 1. The van der Waals surface area contributed by atoms with Crippen molar-refractivity contribution in [1.29, 1.82) is 0 Å². The molecule has 34 heavy (non-hydrogen) atoms. The second kappa shape index (κ2) is 7.90. The van der Waals surface area contributed by atoms with Crippen molar-refractivity contribution < 1.29 is 24.2 Å². The van der Waals surface area contributed by atoms with Crippen LogP contribution in [0, 0.1) is 11.8 Å². The normalized spacial score (nSPS) is 31.9. The summed E-state index contributed by atoms with van der Waals surface area (Å²) in [4.78, 5) is 42.4. The highest BCUT2D eigenvalue weighted by Gasteiger charge is 2.70. The summed E-state index contributed by atoms with van der Waals surface area (Å²) in [6, 6.07) is 11.8. The zero-order valence-corrected chi connectivity index (χ0v) is 19.9. The molecule has 2 aromatic carbocycles. The molecule has 8 nitrogen and oxygen atoms in total. The first-order chi connectivity index (χ1) is 16.4. The zero-order chi connectivity index (χ0) is 23.6. The Bertz CT molecular complexity index is 1200. The van der Waals surface area contributed by atoms with Crippen LogP contribution < -0.4 is 10.6 Å². The Balaban J connectivity index is 1.43. The molecule has 5 atom stereocenters. The van der Waals surface area contributed by atoms with E-state index in [1.54, 1.807) is 30.3 Å². The lowest BCUT2D eigenvalue weighted by molar-refractivity contribution is -0.144. The predicted molar refractivity (Wildman–Crippen MR) is 126 cm³/mol. The first kappa shape index (κ1) is 21.8. The molecule has 0 radical (unpaired) electrons. The van der Waals surface area contributed by atoms with Crippen LogP contribution in [-0.2, 0) is 31.1 Å². The summed E-state index contributed by atoms with van der Waals surface area (Å²) < 4.78 is 6.49. The largest absolute Gasteiger partial charge is 0.508 e. The van der Waals surface area contributed by atoms with E-state index in [1.807, 2.05) is 12.1 Å². The number of benzene rings is 2. The predicted octanol–water partition coefficient (Wildman–Crippen LogP) is 2.30. The molecule has 3 amide bonds. The zero-order valence-electron chi connectivity index (χ0n) is 18.3. The molecule has 3 fully saturated rings. The third-order valence-electron chi connectivity index (χ3n) is 7.57. The Labute approximate surface area is 204 Å². The molecule has 176 valence electrons. The molecule has 3 N–H and O–H groups in total. The molecule has 4 aliphatic rings. The average molecular weight is 526 g/mol. The van der Waals surface area contributed by atoms with Crippen molar-refractivity contribution in [2.45, 2.75) is 36.9 Å². The molecule has 0 aromatic heterocycles. The summed E-state index contributed by atoms with van der Waals surface area (Å²) in [5.74, 6) is -2.27. The number of anilines is 1. The van der Waals surface area contributed by atoms with Gasteiger partial charge < -0.3 is 15.2 Å². The van der Waals surface area contributed by atoms with E-state index in [0.717, 1.165) is 22.9 Å². The van der Waals surface area contributed by atoms with Gasteiger partial charge >= 0.3 is 0 Å². The number of hydrogen-bond acceptors (Lipinski definition) is 6. The summed E-state index contributed by atoms with van der Waals surface area (Å²) in [6.07, 6.45) is 1.99. The number of halogens is 1. The Kier molecular flexibility index (Phi) is 5.05. The van der Waals surface area contributed by atoms with E-state index in [2.05, 4.69) is 26.6 Å². The quantitative estimate of drug-likeness (QED) is 0.528. The number of rotatable bonds is 4. The van der Waals surface area contributed by atoms with Gasteiger partial charge in [0, 0.05) is 28.4 Å². The Morgan fingerprint density at radius 2 is 1.91 bits per heavy atom. The van der Waals surface area contributed by atoms with Crippen LogP contribution in [0.3, 0.4) is 0 Å². The number of hydrogen-bond donors (Lipinski definition) is 3. The number of carbonyl (C=O) groups is 3. The van der Waals surface area contributed by atoms with Gasteiger partial charge in [-0.3, -0.25) is 24.6 Å². The fourth-order valence-electron chi connectivity index (χ4n) is 6.07. The lowest BCUT2D eigenvalue weighted by atomic mass is 9.76. The van der Waals surface area contributed by atoms with Crippen LogP contribution in [0.15, 0.2) is 46.9 Å². The van der Waals surface area contributed by atoms with Gasteiger partial charge in [-0.15, -0.1) is 0 Å². The topological polar surface area (TPSA) is 108 Å². The summed E-state index contributed by atoms with van der Waals surface area (Å²) in [7, 11) is 0. The highest BCUT2D eigenvalue weighted by Crippen LogP contribution is 2.53. The van der Waals surface area contributed by atoms with Crippen LogP contribution >= 0.6 is 15.9 Å². The van der Waals surface area contributed by atoms with Gasteiger partial charge in [-0.1, -0.05) is 28.1 Å². The second-order valence-corrected chi connectivity index (χ2v) is 10.4. The number of phenolic OH excluding ortho intramolecular Hbond substituents is 1. The first-order valence-corrected chi connectivity index (χ1v) is 12.3. The maximum Gasteiger partial charge on any atom is 0.250 e. The van der Waals surface area contributed by atoms with Crippen LogP contribution in [0.2, 0.25) is 0 Å². The lowest BCUT2D eigenvalue weighted by Gasteiger charge is -2.30. The van der Waals surface area contributed by atoms with Crippen molar-refractivity contribution in [3.8, 4) is 5.75 Å². The van der Waals surface area contributed by atoms with Gasteiger partial charge in [0.05, 0.1) is 24.5 Å². The third kappa shape index (κ3) is 3.14. The van der Waals surface area contributed by atoms with Gasteiger partial charge in [-0.25, -0.2) is 0 Å². The number of aromatic hydroxyl groups is 1. The van der Waals surface area contributed by atoms with Gasteiger partial charge in [0.2, 0.25) is 17.7 Å². The number of amides is 3. The number of likely N-dealkylation sites (tertiary alicyclic amines) is 1. The second-order valence-electron chi connectivity index (χ2n) is 9.50. The molecule has 4 heterocycles. The minimum absolute atomic E-state index is 0.154. The summed E-state index contributed by atoms with van der Waals surface area (Å²) in [5, 5.41) is 16.0. The highest BCUT2D eigenvalue weighted by atomic mass is 79.9. The summed E-state index contributed by atoms with van der Waals surface area (Å²) >= 11 is 3.49. The van der Waals surface area contributed by atoms with Crippen molar-refractivity contribution in [2.75, 3.05) is 18.5 Å². The Hall–Kier alpha value is -2.75. The van der Waals surface area contributed by atoms with E-state index in [-0.39, 0.29) is 36.1 Å². The van der Waals surface area contributed by atoms with E-state index in [4.69, 9.17) is 4.74 Å². The van der Waals surface area contributed by atoms with Crippen LogP contribution in [-0.4, -0.2) is 53.0 Å². The van der Waals surface area contributed by atoms with E-state index >= 15 is 0 Å². The van der Waals surface area contributed by atoms with Gasteiger partial charge in [-0.2, -0.15) is 0 Å². The monoisotopic (exact) mass is 525 g/mol. The number of fused-ring (bicyclic) bond motifs is 4. The standard InChI is InChI=1S/C25H24BrN3O5/c26-14-5-8-18-17(11-14)25(24(33)27-18)21-20(19(28-25)10-13-3-6-15(30)7-4-13)22(31)29(23(21)32)12-16-2-1-9-34-16/h3-8,11,16,19-21,28,30H,1-2,9-10,12H2,(H,27,33)/t16-,19-,20+,21-,25-/m0/s1. The summed E-state index contributed by atoms with van der Waals surface area (Å²) in [6.45, 7) is 0.853. The summed E-state index contributed by atoms with van der Waals surface area (Å²) in [5.41, 5.74) is 0.887. The molecule has 3 saturated heterocycles. The number of carbonyl (C=O) groups excluding carboxylic acids is 3. The van der Waals surface area contributed by atoms with Crippen LogP contribution in [0.25, 0.3) is 0 Å². The molecular weight excluding hydrogens is 502 g/mol. The van der Waals surface area contributed by atoms with Gasteiger partial charge in [-0.05, 0) is 55.2 Å². The van der Waals surface area contributed by atoms with E-state index in [0.29, 0.717) is 24.3 Å². The van der Waals surface area contributed by atoms with Crippen molar-refractivity contribution in [2.24, 2.45) is 11.8 Å². The van der Waals surface area contributed by atoms with E-state index in [1.165, 1.54) is 4.90 Å². The maximum absolute atomic E-state index is 13.8. The van der Waals surface area contributed by atoms with Crippen LogP contribution in [0.4, 0.5) is 5.69 Å². The molecule has 0 aliphatic carbocycles. The SMILES string of the molecule is O=C1[C@@H]2[C@H](Cc3ccc(O)cc3)N[C@]3(C(=O)Nc4ccc(Br)cc43)[C@@H]2C(=O)N1C[C@@H]1CCCO1.